The smallest absolute Gasteiger partial charge is 0.322 e. The van der Waals surface area contributed by atoms with Gasteiger partial charge >= 0.3 is 6.18 Å². The summed E-state index contributed by atoms with van der Waals surface area (Å²) in [6, 6.07) is 17.4. The highest BCUT2D eigenvalue weighted by atomic mass is 19.4. The van der Waals surface area contributed by atoms with Crippen LogP contribution in [0.4, 0.5) is 23.2 Å². The molecule has 0 radical (unpaired) electrons. The van der Waals surface area contributed by atoms with Crippen molar-refractivity contribution in [2.75, 3.05) is 5.32 Å². The fraction of sp³-hybridized carbons (Fsp3) is 0.0952. The van der Waals surface area contributed by atoms with E-state index in [4.69, 9.17) is 0 Å². The molecule has 0 fully saturated rings. The van der Waals surface area contributed by atoms with Crippen LogP contribution in [0.2, 0.25) is 0 Å². The van der Waals surface area contributed by atoms with E-state index >= 15 is 0 Å². The Morgan fingerprint density at radius 3 is 2.15 bits per heavy atom. The molecule has 0 spiro atoms. The first kappa shape index (κ1) is 18.6. The van der Waals surface area contributed by atoms with Crippen LogP contribution >= 0.6 is 0 Å². The lowest BCUT2D eigenvalue weighted by atomic mass is 9.99. The highest BCUT2D eigenvalue weighted by molar-refractivity contribution is 6.04. The third kappa shape index (κ3) is 4.53. The molecule has 2 nitrogen and oxygen atoms in total. The van der Waals surface area contributed by atoms with Gasteiger partial charge in [0.25, 0.3) is 5.91 Å². The summed E-state index contributed by atoms with van der Waals surface area (Å²) in [5, 5.41) is 2.57. The number of rotatable bonds is 4. The number of halogens is 4. The number of hydrogen-bond donors (Lipinski definition) is 1. The van der Waals surface area contributed by atoms with Crippen LogP contribution in [-0.4, -0.2) is 5.91 Å². The molecule has 0 bridgehead atoms. The third-order valence-electron chi connectivity index (χ3n) is 4.05. The molecule has 1 amide bonds. The Labute approximate surface area is 153 Å². The largest absolute Gasteiger partial charge is 0.416 e. The highest BCUT2D eigenvalue weighted by Gasteiger charge is 2.32. The monoisotopic (exact) mass is 373 g/mol. The van der Waals surface area contributed by atoms with E-state index in [2.05, 4.69) is 5.32 Å². The van der Waals surface area contributed by atoms with Crippen molar-refractivity contribution in [1.82, 2.24) is 0 Å². The second-order valence-corrected chi connectivity index (χ2v) is 5.96. The summed E-state index contributed by atoms with van der Waals surface area (Å²) in [7, 11) is 0. The molecule has 0 heterocycles. The number of carbonyl (C=O) groups excluding carboxylic acids is 1. The van der Waals surface area contributed by atoms with Crippen molar-refractivity contribution in [3.05, 3.63) is 101 Å². The SMILES string of the molecule is O=C(Nc1ccc(Cc2ccccc2C(F)(F)F)cc1)c1ccccc1F. The molecule has 0 aliphatic carbocycles. The molecular weight excluding hydrogens is 358 g/mol. The maximum Gasteiger partial charge on any atom is 0.416 e. The molecule has 3 aromatic rings. The van der Waals surface area contributed by atoms with Gasteiger partial charge < -0.3 is 5.32 Å². The second-order valence-electron chi connectivity index (χ2n) is 5.96. The first-order valence-corrected chi connectivity index (χ1v) is 8.14. The Kier molecular flexibility index (Phi) is 5.26. The number of carbonyl (C=O) groups is 1. The molecular formula is C21H15F4NO. The number of anilines is 1. The normalized spacial score (nSPS) is 11.3. The predicted molar refractivity (Wildman–Crippen MR) is 95.0 cm³/mol. The van der Waals surface area contributed by atoms with Gasteiger partial charge in [-0.05, 0) is 47.9 Å². The third-order valence-corrected chi connectivity index (χ3v) is 4.05. The average molecular weight is 373 g/mol. The topological polar surface area (TPSA) is 29.1 Å². The Hall–Kier alpha value is -3.15. The van der Waals surface area contributed by atoms with E-state index in [0.717, 1.165) is 6.07 Å². The Balaban J connectivity index is 1.73. The van der Waals surface area contributed by atoms with E-state index < -0.39 is 23.5 Å². The van der Waals surface area contributed by atoms with E-state index in [1.165, 1.54) is 30.3 Å². The first-order valence-electron chi connectivity index (χ1n) is 8.14. The lowest BCUT2D eigenvalue weighted by Crippen LogP contribution is -2.13. The van der Waals surface area contributed by atoms with Crippen molar-refractivity contribution >= 4 is 11.6 Å². The number of amides is 1. The zero-order chi connectivity index (χ0) is 19.4. The molecule has 138 valence electrons. The lowest BCUT2D eigenvalue weighted by Gasteiger charge is -2.13. The molecule has 6 heteroatoms. The quantitative estimate of drug-likeness (QED) is 0.585. The summed E-state index contributed by atoms with van der Waals surface area (Å²) in [5.74, 6) is -1.22. The standard InChI is InChI=1S/C21H15F4NO/c22-19-8-4-2-6-17(19)20(27)26-16-11-9-14(10-12-16)13-15-5-1-3-7-18(15)21(23,24)25/h1-12H,13H2,(H,26,27). The van der Waals surface area contributed by atoms with Crippen molar-refractivity contribution < 1.29 is 22.4 Å². The van der Waals surface area contributed by atoms with Crippen molar-refractivity contribution in [1.29, 1.82) is 0 Å². The number of alkyl halides is 3. The molecule has 0 unspecified atom stereocenters. The van der Waals surface area contributed by atoms with Crippen LogP contribution in [0.3, 0.4) is 0 Å². The lowest BCUT2D eigenvalue weighted by molar-refractivity contribution is -0.138. The predicted octanol–water partition coefficient (Wildman–Crippen LogP) is 5.69. The molecule has 3 rings (SSSR count). The summed E-state index contributed by atoms with van der Waals surface area (Å²) in [4.78, 5) is 12.1. The summed E-state index contributed by atoms with van der Waals surface area (Å²) >= 11 is 0. The molecule has 0 saturated heterocycles. The first-order chi connectivity index (χ1) is 12.8. The molecule has 1 N–H and O–H groups in total. The van der Waals surface area contributed by atoms with Gasteiger partial charge in [-0.3, -0.25) is 4.79 Å². The van der Waals surface area contributed by atoms with Gasteiger partial charge in [0.2, 0.25) is 0 Å². The molecule has 0 aliphatic heterocycles. The van der Waals surface area contributed by atoms with Crippen LogP contribution < -0.4 is 5.32 Å². The number of hydrogen-bond acceptors (Lipinski definition) is 1. The molecule has 0 saturated carbocycles. The zero-order valence-corrected chi connectivity index (χ0v) is 14.1. The van der Waals surface area contributed by atoms with Crippen molar-refractivity contribution in [3.63, 3.8) is 0 Å². The van der Waals surface area contributed by atoms with Gasteiger partial charge in [-0.1, -0.05) is 42.5 Å². The molecule has 3 aromatic carbocycles. The Morgan fingerprint density at radius 1 is 0.852 bits per heavy atom. The second kappa shape index (κ2) is 7.61. The molecule has 27 heavy (non-hydrogen) atoms. The molecule has 0 atom stereocenters. The Bertz CT molecular complexity index is 949. The fourth-order valence-electron chi connectivity index (χ4n) is 2.72. The minimum atomic E-state index is -4.41. The summed E-state index contributed by atoms with van der Waals surface area (Å²) in [6.07, 6.45) is -4.30. The van der Waals surface area contributed by atoms with Crippen LogP contribution in [0, 0.1) is 5.82 Å². The maximum atomic E-state index is 13.6. The van der Waals surface area contributed by atoms with Gasteiger partial charge in [-0.15, -0.1) is 0 Å². The summed E-state index contributed by atoms with van der Waals surface area (Å²) < 4.78 is 52.9. The van der Waals surface area contributed by atoms with Crippen molar-refractivity contribution in [2.24, 2.45) is 0 Å². The van der Waals surface area contributed by atoms with E-state index in [1.54, 1.807) is 36.4 Å². The fourth-order valence-corrected chi connectivity index (χ4v) is 2.72. The van der Waals surface area contributed by atoms with Crippen molar-refractivity contribution in [3.8, 4) is 0 Å². The van der Waals surface area contributed by atoms with Crippen molar-refractivity contribution in [2.45, 2.75) is 12.6 Å². The van der Waals surface area contributed by atoms with Crippen LogP contribution in [0.25, 0.3) is 0 Å². The van der Waals surface area contributed by atoms with Gasteiger partial charge in [-0.2, -0.15) is 13.2 Å². The van der Waals surface area contributed by atoms with Crippen LogP contribution in [-0.2, 0) is 12.6 Å². The van der Waals surface area contributed by atoms with Gasteiger partial charge in [0, 0.05) is 5.69 Å². The summed E-state index contributed by atoms with van der Waals surface area (Å²) in [5.41, 5.74) is 0.516. The van der Waals surface area contributed by atoms with Crippen LogP contribution in [0.5, 0.6) is 0 Å². The van der Waals surface area contributed by atoms with Gasteiger partial charge in [0.15, 0.2) is 0 Å². The maximum absolute atomic E-state index is 13.6. The van der Waals surface area contributed by atoms with Gasteiger partial charge in [0.05, 0.1) is 11.1 Å². The average Bonchev–Trinajstić information content (AvgIpc) is 2.63. The highest BCUT2D eigenvalue weighted by Crippen LogP contribution is 2.32. The molecule has 0 aliphatic rings. The van der Waals surface area contributed by atoms with Gasteiger partial charge in [-0.25, -0.2) is 4.39 Å². The van der Waals surface area contributed by atoms with Crippen LogP contribution in [0.1, 0.15) is 27.0 Å². The Morgan fingerprint density at radius 2 is 1.48 bits per heavy atom. The minimum Gasteiger partial charge on any atom is -0.322 e. The van der Waals surface area contributed by atoms with E-state index in [1.807, 2.05) is 0 Å². The van der Waals surface area contributed by atoms with Crippen LogP contribution in [0.15, 0.2) is 72.8 Å². The zero-order valence-electron chi connectivity index (χ0n) is 14.1. The van der Waals surface area contributed by atoms with E-state index in [-0.39, 0.29) is 17.5 Å². The van der Waals surface area contributed by atoms with Gasteiger partial charge in [0.1, 0.15) is 5.82 Å². The molecule has 0 aromatic heterocycles. The summed E-state index contributed by atoms with van der Waals surface area (Å²) in [6.45, 7) is 0. The number of nitrogens with one attached hydrogen (secondary N) is 1. The van der Waals surface area contributed by atoms with E-state index in [9.17, 15) is 22.4 Å². The number of benzene rings is 3. The minimum absolute atomic E-state index is 0.0827. The van der Waals surface area contributed by atoms with E-state index in [0.29, 0.717) is 11.3 Å².